The second-order valence-electron chi connectivity index (χ2n) is 4.68. The van der Waals surface area contributed by atoms with Gasteiger partial charge in [-0.3, -0.25) is 0 Å². The lowest BCUT2D eigenvalue weighted by atomic mass is 9.91. The Kier molecular flexibility index (Phi) is 4.51. The molecule has 0 spiro atoms. The van der Waals surface area contributed by atoms with Gasteiger partial charge in [-0.15, -0.1) is 0 Å². The van der Waals surface area contributed by atoms with Crippen LogP contribution in [0.1, 0.15) is 43.7 Å². The van der Waals surface area contributed by atoms with Crippen LogP contribution < -0.4 is 5.73 Å². The van der Waals surface area contributed by atoms with Crippen molar-refractivity contribution in [1.29, 1.82) is 0 Å². The predicted molar refractivity (Wildman–Crippen MR) is 72.2 cm³/mol. The van der Waals surface area contributed by atoms with Crippen LogP contribution in [0.5, 0.6) is 0 Å². The lowest BCUT2D eigenvalue weighted by molar-refractivity contribution is 0.514. The average molecular weight is 316 g/mol. The molecule has 0 aliphatic heterocycles. The monoisotopic (exact) mass is 315 g/mol. The number of allylic oxidation sites excluding steroid dienone is 1. The number of rotatable bonds is 3. The second-order valence-corrected chi connectivity index (χ2v) is 5.53. The molecule has 0 heterocycles. The van der Waals surface area contributed by atoms with Crippen molar-refractivity contribution in [3.05, 3.63) is 45.5 Å². The molecule has 0 saturated heterocycles. The van der Waals surface area contributed by atoms with E-state index < -0.39 is 17.7 Å². The summed E-state index contributed by atoms with van der Waals surface area (Å²) in [6, 6.07) is 1.99. The summed E-state index contributed by atoms with van der Waals surface area (Å²) >= 11 is 3.06. The standard InChI is InChI=1S/C14H16BrF2N/c15-10-6-7-11(16)13(14(10)17)12(18)8-9-4-2-1-3-5-9/h4,6-7,12H,1-3,5,8,18H2. The third-order valence-electron chi connectivity index (χ3n) is 3.32. The molecule has 1 aliphatic carbocycles. The van der Waals surface area contributed by atoms with Crippen LogP contribution in [0.4, 0.5) is 8.78 Å². The minimum atomic E-state index is -0.619. The van der Waals surface area contributed by atoms with E-state index in [1.807, 2.05) is 0 Å². The van der Waals surface area contributed by atoms with Crippen molar-refractivity contribution in [1.82, 2.24) is 0 Å². The first-order valence-corrected chi connectivity index (χ1v) is 6.95. The molecular formula is C14H16BrF2N. The molecule has 18 heavy (non-hydrogen) atoms. The zero-order chi connectivity index (χ0) is 13.1. The molecule has 1 nitrogen and oxygen atoms in total. The van der Waals surface area contributed by atoms with Crippen LogP contribution in [0.25, 0.3) is 0 Å². The summed E-state index contributed by atoms with van der Waals surface area (Å²) in [6.45, 7) is 0. The molecule has 1 aromatic rings. The zero-order valence-corrected chi connectivity index (χ0v) is 11.6. The van der Waals surface area contributed by atoms with Crippen LogP contribution in [0.2, 0.25) is 0 Å². The van der Waals surface area contributed by atoms with Gasteiger partial charge in [0.2, 0.25) is 0 Å². The first-order chi connectivity index (χ1) is 8.59. The van der Waals surface area contributed by atoms with E-state index in [1.54, 1.807) is 0 Å². The summed E-state index contributed by atoms with van der Waals surface area (Å²) < 4.78 is 27.8. The molecule has 1 unspecified atom stereocenters. The maximum Gasteiger partial charge on any atom is 0.145 e. The van der Waals surface area contributed by atoms with Gasteiger partial charge in [0.1, 0.15) is 11.6 Å². The van der Waals surface area contributed by atoms with Gasteiger partial charge in [-0.1, -0.05) is 11.6 Å². The Morgan fingerprint density at radius 3 is 2.72 bits per heavy atom. The van der Waals surface area contributed by atoms with Gasteiger partial charge in [0.15, 0.2) is 0 Å². The molecule has 0 radical (unpaired) electrons. The number of benzene rings is 1. The topological polar surface area (TPSA) is 26.0 Å². The fourth-order valence-electron chi connectivity index (χ4n) is 2.36. The number of hydrogen-bond donors (Lipinski definition) is 1. The highest BCUT2D eigenvalue weighted by atomic mass is 79.9. The first-order valence-electron chi connectivity index (χ1n) is 6.16. The van der Waals surface area contributed by atoms with E-state index in [-0.39, 0.29) is 10.0 Å². The predicted octanol–water partition coefficient (Wildman–Crippen LogP) is 4.62. The highest BCUT2D eigenvalue weighted by Gasteiger charge is 2.20. The molecule has 4 heteroatoms. The van der Waals surface area contributed by atoms with Crippen LogP contribution in [-0.4, -0.2) is 0 Å². The smallest absolute Gasteiger partial charge is 0.145 e. The fourth-order valence-corrected chi connectivity index (χ4v) is 2.70. The highest BCUT2D eigenvalue weighted by Crippen LogP contribution is 2.31. The normalized spacial score (nSPS) is 17.4. The van der Waals surface area contributed by atoms with E-state index in [2.05, 4.69) is 22.0 Å². The molecule has 0 bridgehead atoms. The average Bonchev–Trinajstić information content (AvgIpc) is 2.36. The quantitative estimate of drug-likeness (QED) is 0.639. The summed E-state index contributed by atoms with van der Waals surface area (Å²) in [4.78, 5) is 0. The summed E-state index contributed by atoms with van der Waals surface area (Å²) in [5.41, 5.74) is 7.15. The second kappa shape index (κ2) is 5.93. The molecule has 98 valence electrons. The molecule has 0 fully saturated rings. The Labute approximate surface area is 114 Å². The van der Waals surface area contributed by atoms with Crippen molar-refractivity contribution in [2.75, 3.05) is 0 Å². The maximum atomic E-state index is 13.9. The van der Waals surface area contributed by atoms with Crippen LogP contribution in [-0.2, 0) is 0 Å². The van der Waals surface area contributed by atoms with E-state index >= 15 is 0 Å². The van der Waals surface area contributed by atoms with E-state index in [9.17, 15) is 8.78 Å². The first kappa shape index (κ1) is 13.7. The van der Waals surface area contributed by atoms with Crippen LogP contribution >= 0.6 is 15.9 Å². The number of nitrogens with two attached hydrogens (primary N) is 1. The van der Waals surface area contributed by atoms with Gasteiger partial charge in [-0.2, -0.15) is 0 Å². The summed E-state index contributed by atoms with van der Waals surface area (Å²) in [5.74, 6) is -1.15. The third kappa shape index (κ3) is 2.98. The van der Waals surface area contributed by atoms with Crippen LogP contribution in [0.15, 0.2) is 28.3 Å². The molecule has 2 N–H and O–H groups in total. The summed E-state index contributed by atoms with van der Waals surface area (Å²) in [6.07, 6.45) is 7.05. The van der Waals surface area contributed by atoms with Crippen LogP contribution in [0.3, 0.4) is 0 Å². The molecular weight excluding hydrogens is 300 g/mol. The minimum absolute atomic E-state index is 0.0177. The van der Waals surface area contributed by atoms with Gasteiger partial charge in [-0.25, -0.2) is 8.78 Å². The molecule has 0 saturated carbocycles. The summed E-state index contributed by atoms with van der Waals surface area (Å²) in [5, 5.41) is 0. The molecule has 2 rings (SSSR count). The summed E-state index contributed by atoms with van der Waals surface area (Å²) in [7, 11) is 0. The van der Waals surface area contributed by atoms with Crippen molar-refractivity contribution >= 4 is 15.9 Å². The van der Waals surface area contributed by atoms with E-state index in [4.69, 9.17) is 5.73 Å². The van der Waals surface area contributed by atoms with Gasteiger partial charge in [0.05, 0.1) is 4.47 Å². The lowest BCUT2D eigenvalue weighted by Crippen LogP contribution is -2.16. The van der Waals surface area contributed by atoms with E-state index in [1.165, 1.54) is 24.1 Å². The highest BCUT2D eigenvalue weighted by molar-refractivity contribution is 9.10. The number of halogens is 3. The minimum Gasteiger partial charge on any atom is -0.324 e. The molecule has 1 aromatic carbocycles. The Bertz CT molecular complexity index is 471. The SMILES string of the molecule is NC(CC1=CCCCC1)c1c(F)ccc(Br)c1F. The van der Waals surface area contributed by atoms with Gasteiger partial charge >= 0.3 is 0 Å². The Morgan fingerprint density at radius 1 is 1.28 bits per heavy atom. The Morgan fingerprint density at radius 2 is 2.06 bits per heavy atom. The Balaban J connectivity index is 2.20. The van der Waals surface area contributed by atoms with Gasteiger partial charge in [0, 0.05) is 11.6 Å². The fraction of sp³-hybridized carbons (Fsp3) is 0.429. The Hall–Kier alpha value is -0.740. The molecule has 0 aromatic heterocycles. The molecule has 1 aliphatic rings. The lowest BCUT2D eigenvalue weighted by Gasteiger charge is -2.19. The maximum absolute atomic E-state index is 13.9. The molecule has 0 amide bonds. The van der Waals surface area contributed by atoms with E-state index in [0.717, 1.165) is 19.3 Å². The largest absolute Gasteiger partial charge is 0.324 e. The van der Waals surface area contributed by atoms with Gasteiger partial charge in [-0.05, 0) is 60.2 Å². The molecule has 1 atom stereocenters. The van der Waals surface area contributed by atoms with E-state index in [0.29, 0.717) is 6.42 Å². The van der Waals surface area contributed by atoms with Crippen LogP contribution in [0, 0.1) is 11.6 Å². The van der Waals surface area contributed by atoms with Crippen molar-refractivity contribution in [2.45, 2.75) is 38.1 Å². The van der Waals surface area contributed by atoms with Gasteiger partial charge in [0.25, 0.3) is 0 Å². The van der Waals surface area contributed by atoms with Gasteiger partial charge < -0.3 is 5.73 Å². The third-order valence-corrected chi connectivity index (χ3v) is 3.93. The van der Waals surface area contributed by atoms with Crippen molar-refractivity contribution < 1.29 is 8.78 Å². The van der Waals surface area contributed by atoms with Crippen molar-refractivity contribution in [3.8, 4) is 0 Å². The zero-order valence-electron chi connectivity index (χ0n) is 10.1. The van der Waals surface area contributed by atoms with Crippen molar-refractivity contribution in [2.24, 2.45) is 5.73 Å². The van der Waals surface area contributed by atoms with Crippen molar-refractivity contribution in [3.63, 3.8) is 0 Å². The number of hydrogen-bond acceptors (Lipinski definition) is 1.